The van der Waals surface area contributed by atoms with Gasteiger partial charge < -0.3 is 5.11 Å². The Morgan fingerprint density at radius 1 is 0.320 bits per heavy atom. The third kappa shape index (κ3) is 32.1. The highest BCUT2D eigenvalue weighted by atomic mass is 16.2. The van der Waals surface area contributed by atoms with Gasteiger partial charge in [-0.25, -0.2) is 0 Å². The Morgan fingerprint density at radius 3 is 0.720 bits per heavy atom. The van der Waals surface area contributed by atoms with E-state index in [-0.39, 0.29) is 0 Å². The summed E-state index contributed by atoms with van der Waals surface area (Å²) in [5.74, 6) is 0. The van der Waals surface area contributed by atoms with Gasteiger partial charge in [0.25, 0.3) is 0 Å². The van der Waals surface area contributed by atoms with Gasteiger partial charge in [-0.3, -0.25) is 0 Å². The van der Waals surface area contributed by atoms with E-state index in [1.54, 1.807) is 0 Å². The number of hydrogen-bond donors (Lipinski definition) is 1. The van der Waals surface area contributed by atoms with Gasteiger partial charge in [0.1, 0.15) is 0 Å². The molecule has 0 aromatic carbocycles. The summed E-state index contributed by atoms with van der Waals surface area (Å²) < 4.78 is 0. The minimum atomic E-state index is 0.373. The van der Waals surface area contributed by atoms with Gasteiger partial charge in [-0.1, -0.05) is 143 Å². The van der Waals surface area contributed by atoms with E-state index in [1.807, 2.05) is 0 Å². The predicted octanol–water partition coefficient (Wildman–Crippen LogP) is 8.83. The Bertz CT molecular complexity index is 171. The van der Waals surface area contributed by atoms with E-state index in [1.165, 1.54) is 122 Å². The third-order valence-corrected chi connectivity index (χ3v) is 4.97. The van der Waals surface area contributed by atoms with Crippen LogP contribution in [0.2, 0.25) is 0 Å². The lowest BCUT2D eigenvalue weighted by molar-refractivity contribution is 0.282. The summed E-state index contributed by atoms with van der Waals surface area (Å²) in [4.78, 5) is 0. The monoisotopic (exact) mass is 356 g/mol. The molecule has 1 N–H and O–H groups in total. The molecule has 0 aliphatic carbocycles. The Kier molecular flexibility index (Phi) is 31.3. The molecule has 0 aromatic rings. The van der Waals surface area contributed by atoms with Gasteiger partial charge >= 0.3 is 0 Å². The van der Waals surface area contributed by atoms with Crippen molar-refractivity contribution in [2.24, 2.45) is 0 Å². The fourth-order valence-corrected chi connectivity index (χ4v) is 3.16. The first kappa shape index (κ1) is 27.2. The summed E-state index contributed by atoms with van der Waals surface area (Å²) in [5.41, 5.74) is 0. The van der Waals surface area contributed by atoms with Crippen LogP contribution in [0.25, 0.3) is 0 Å². The molecule has 0 saturated carbocycles. The second-order valence-electron chi connectivity index (χ2n) is 7.73. The zero-order valence-corrected chi connectivity index (χ0v) is 18.3. The van der Waals surface area contributed by atoms with Crippen molar-refractivity contribution in [2.45, 2.75) is 149 Å². The molecule has 0 saturated heterocycles. The minimum Gasteiger partial charge on any atom is -0.396 e. The summed E-state index contributed by atoms with van der Waals surface area (Å²) in [6.45, 7) is 7.16. The largest absolute Gasteiger partial charge is 0.396 e. The van der Waals surface area contributed by atoms with Gasteiger partial charge in [-0.2, -0.15) is 0 Å². The summed E-state index contributed by atoms with van der Waals surface area (Å²) in [5, 5.41) is 8.64. The van der Waals surface area contributed by atoms with Crippen LogP contribution in [0, 0.1) is 0 Å². The van der Waals surface area contributed by atoms with Crippen molar-refractivity contribution in [1.29, 1.82) is 0 Å². The summed E-state index contributed by atoms with van der Waals surface area (Å²) in [7, 11) is 0. The van der Waals surface area contributed by atoms with Crippen molar-refractivity contribution in [3.63, 3.8) is 0 Å². The molecule has 1 nitrogen and oxygen atoms in total. The van der Waals surface area contributed by atoms with Gasteiger partial charge in [0, 0.05) is 6.61 Å². The quantitative estimate of drug-likeness (QED) is 0.229. The number of rotatable bonds is 19. The van der Waals surface area contributed by atoms with Gasteiger partial charge in [0.05, 0.1) is 0 Å². The van der Waals surface area contributed by atoms with Crippen molar-refractivity contribution >= 4 is 0 Å². The zero-order chi connectivity index (χ0) is 18.8. The Morgan fingerprint density at radius 2 is 0.520 bits per heavy atom. The Labute approximate surface area is 161 Å². The normalized spacial score (nSPS) is 10.6. The van der Waals surface area contributed by atoms with E-state index in [4.69, 9.17) is 5.11 Å². The fraction of sp³-hybridized carbons (Fsp3) is 1.00. The molecular weight excluding hydrogens is 304 g/mol. The highest BCUT2D eigenvalue weighted by Gasteiger charge is 1.93. The van der Waals surface area contributed by atoms with Gasteiger partial charge in [0.15, 0.2) is 0 Å². The topological polar surface area (TPSA) is 20.2 Å². The fourth-order valence-electron chi connectivity index (χ4n) is 3.16. The van der Waals surface area contributed by atoms with Crippen LogP contribution >= 0.6 is 0 Å². The zero-order valence-electron chi connectivity index (χ0n) is 18.3. The second kappa shape index (κ2) is 28.8. The molecule has 0 amide bonds. The molecule has 0 aromatic heterocycles. The SMILES string of the molecule is CCCCCCCC.CCCCCCCCCCCCCCCCO. The second-order valence-corrected chi connectivity index (χ2v) is 7.73. The first-order valence-corrected chi connectivity index (χ1v) is 11.9. The molecule has 0 radical (unpaired) electrons. The molecule has 25 heavy (non-hydrogen) atoms. The number of unbranched alkanes of at least 4 members (excludes halogenated alkanes) is 18. The van der Waals surface area contributed by atoms with Crippen molar-refractivity contribution in [3.05, 3.63) is 0 Å². The first-order chi connectivity index (χ1) is 12.3. The molecule has 0 aliphatic rings. The summed E-state index contributed by atoms with van der Waals surface area (Å²) in [6, 6.07) is 0. The number of hydrogen-bond acceptors (Lipinski definition) is 1. The van der Waals surface area contributed by atoms with Gasteiger partial charge in [-0.05, 0) is 6.42 Å². The molecule has 0 atom stereocenters. The smallest absolute Gasteiger partial charge is 0.0431 e. The van der Waals surface area contributed by atoms with Crippen molar-refractivity contribution in [2.75, 3.05) is 6.61 Å². The molecule has 0 heterocycles. The van der Waals surface area contributed by atoms with Crippen molar-refractivity contribution in [1.82, 2.24) is 0 Å². The first-order valence-electron chi connectivity index (χ1n) is 11.9. The highest BCUT2D eigenvalue weighted by Crippen LogP contribution is 2.12. The van der Waals surface area contributed by atoms with E-state index in [0.717, 1.165) is 6.42 Å². The molecule has 0 fully saturated rings. The van der Waals surface area contributed by atoms with Gasteiger partial charge in [0.2, 0.25) is 0 Å². The van der Waals surface area contributed by atoms with Crippen LogP contribution in [0.15, 0.2) is 0 Å². The minimum absolute atomic E-state index is 0.373. The lowest BCUT2D eigenvalue weighted by Crippen LogP contribution is -1.84. The third-order valence-electron chi connectivity index (χ3n) is 4.97. The number of aliphatic hydroxyl groups excluding tert-OH is 1. The molecular formula is C24H52O. The lowest BCUT2D eigenvalue weighted by atomic mass is 10.0. The number of aliphatic hydroxyl groups is 1. The van der Waals surface area contributed by atoms with Gasteiger partial charge in [-0.15, -0.1) is 0 Å². The summed E-state index contributed by atoms with van der Waals surface area (Å²) >= 11 is 0. The lowest BCUT2D eigenvalue weighted by Gasteiger charge is -2.02. The predicted molar refractivity (Wildman–Crippen MR) is 116 cm³/mol. The average molecular weight is 357 g/mol. The molecule has 0 unspecified atom stereocenters. The van der Waals surface area contributed by atoms with E-state index in [2.05, 4.69) is 20.8 Å². The van der Waals surface area contributed by atoms with E-state index < -0.39 is 0 Å². The van der Waals surface area contributed by atoms with Crippen LogP contribution in [0.5, 0.6) is 0 Å². The van der Waals surface area contributed by atoms with Crippen LogP contribution in [0.4, 0.5) is 0 Å². The Hall–Kier alpha value is -0.0400. The molecule has 0 aliphatic heterocycles. The average Bonchev–Trinajstić information content (AvgIpc) is 2.63. The van der Waals surface area contributed by atoms with Crippen molar-refractivity contribution < 1.29 is 5.11 Å². The molecule has 0 rings (SSSR count). The van der Waals surface area contributed by atoms with Crippen molar-refractivity contribution in [3.8, 4) is 0 Å². The summed E-state index contributed by atoms with van der Waals surface area (Å²) in [6.07, 6.45) is 27.7. The van der Waals surface area contributed by atoms with Crippen LogP contribution in [-0.2, 0) is 0 Å². The van der Waals surface area contributed by atoms with E-state index in [0.29, 0.717) is 6.61 Å². The maximum Gasteiger partial charge on any atom is 0.0431 e. The molecule has 0 bridgehead atoms. The standard InChI is InChI=1S/C16H34O.C8H18/c1-2-3-4-5-6-7-8-9-10-11-12-13-14-15-16-17;1-3-5-7-8-6-4-2/h17H,2-16H2,1H3;3-8H2,1-2H3. The Balaban J connectivity index is 0. The maximum absolute atomic E-state index is 8.64. The van der Waals surface area contributed by atoms with Crippen LogP contribution in [0.3, 0.4) is 0 Å². The van der Waals surface area contributed by atoms with Crippen LogP contribution < -0.4 is 0 Å². The molecule has 1 heteroatoms. The van der Waals surface area contributed by atoms with Crippen LogP contribution in [-0.4, -0.2) is 11.7 Å². The molecule has 154 valence electrons. The highest BCUT2D eigenvalue weighted by molar-refractivity contribution is 4.49. The van der Waals surface area contributed by atoms with E-state index in [9.17, 15) is 0 Å². The van der Waals surface area contributed by atoms with Crippen LogP contribution in [0.1, 0.15) is 149 Å². The van der Waals surface area contributed by atoms with E-state index >= 15 is 0 Å². The molecule has 0 spiro atoms. The maximum atomic E-state index is 8.64.